The van der Waals surface area contributed by atoms with Crippen LogP contribution in [0.25, 0.3) is 0 Å². The lowest BCUT2D eigenvalue weighted by atomic mass is 9.97. The summed E-state index contributed by atoms with van der Waals surface area (Å²) in [4.78, 5) is 14.9. The van der Waals surface area contributed by atoms with E-state index in [0.29, 0.717) is 13.1 Å². The number of hydrogen-bond donors (Lipinski definition) is 1. The number of ether oxygens (including phenoxy) is 1. The van der Waals surface area contributed by atoms with Gasteiger partial charge in [0.05, 0.1) is 6.10 Å². The van der Waals surface area contributed by atoms with Gasteiger partial charge in [-0.1, -0.05) is 0 Å². The number of hydrogen-bond acceptors (Lipinski definition) is 4. The number of carbonyl (C=O) groups excluding carboxylic acids is 1. The Labute approximate surface area is 124 Å². The fourth-order valence-corrected chi connectivity index (χ4v) is 3.16. The van der Waals surface area contributed by atoms with Gasteiger partial charge in [0, 0.05) is 23.9 Å². The number of aliphatic hydroxyl groups is 1. The zero-order valence-corrected chi connectivity index (χ0v) is 13.4. The van der Waals surface area contributed by atoms with Gasteiger partial charge < -0.3 is 14.7 Å². The van der Waals surface area contributed by atoms with Crippen molar-refractivity contribution in [3.8, 4) is 0 Å². The van der Waals surface area contributed by atoms with Crippen LogP contribution in [-0.4, -0.2) is 34.8 Å². The number of aryl methyl sites for hydroxylation is 1. The Morgan fingerprint density at radius 3 is 2.80 bits per heavy atom. The molecule has 0 aliphatic carbocycles. The SMILES string of the molecule is Cc1cc(C(O)C2CCN(C(=O)OC(C)(C)C)C2)cs1. The maximum Gasteiger partial charge on any atom is 0.410 e. The molecule has 1 amide bonds. The lowest BCUT2D eigenvalue weighted by Gasteiger charge is -2.25. The molecule has 1 aromatic rings. The van der Waals surface area contributed by atoms with Gasteiger partial charge in [0.2, 0.25) is 0 Å². The van der Waals surface area contributed by atoms with Crippen molar-refractivity contribution in [2.45, 2.75) is 45.8 Å². The van der Waals surface area contributed by atoms with E-state index in [1.807, 2.05) is 39.1 Å². The second kappa shape index (κ2) is 5.74. The van der Waals surface area contributed by atoms with Gasteiger partial charge in [-0.15, -0.1) is 11.3 Å². The van der Waals surface area contributed by atoms with Crippen LogP contribution >= 0.6 is 11.3 Å². The first-order valence-corrected chi connectivity index (χ1v) is 7.85. The Morgan fingerprint density at radius 1 is 1.55 bits per heavy atom. The van der Waals surface area contributed by atoms with Crippen LogP contribution in [0.1, 0.15) is 43.7 Å². The van der Waals surface area contributed by atoms with Crippen LogP contribution in [-0.2, 0) is 4.74 Å². The minimum Gasteiger partial charge on any atom is -0.444 e. The molecule has 20 heavy (non-hydrogen) atoms. The molecule has 1 aliphatic rings. The third-order valence-corrected chi connectivity index (χ3v) is 4.29. The van der Waals surface area contributed by atoms with E-state index in [9.17, 15) is 9.90 Å². The van der Waals surface area contributed by atoms with Crippen molar-refractivity contribution in [3.05, 3.63) is 21.9 Å². The Bertz CT molecular complexity index is 478. The monoisotopic (exact) mass is 297 g/mol. The molecular weight excluding hydrogens is 274 g/mol. The molecule has 1 fully saturated rings. The van der Waals surface area contributed by atoms with E-state index in [1.54, 1.807) is 16.2 Å². The van der Waals surface area contributed by atoms with Crippen molar-refractivity contribution in [3.63, 3.8) is 0 Å². The second-order valence-electron chi connectivity index (χ2n) is 6.41. The molecule has 2 rings (SSSR count). The quantitative estimate of drug-likeness (QED) is 0.910. The van der Waals surface area contributed by atoms with Crippen molar-refractivity contribution < 1.29 is 14.6 Å². The van der Waals surface area contributed by atoms with Crippen LogP contribution in [0.4, 0.5) is 4.79 Å². The lowest BCUT2D eigenvalue weighted by molar-refractivity contribution is 0.0268. The zero-order chi connectivity index (χ0) is 14.9. The molecule has 1 aliphatic heterocycles. The fraction of sp³-hybridized carbons (Fsp3) is 0.667. The van der Waals surface area contributed by atoms with Gasteiger partial charge in [0.15, 0.2) is 0 Å². The molecule has 1 N–H and O–H groups in total. The number of likely N-dealkylation sites (tertiary alicyclic amines) is 1. The summed E-state index contributed by atoms with van der Waals surface area (Å²) in [6.07, 6.45) is 0.0380. The largest absolute Gasteiger partial charge is 0.444 e. The van der Waals surface area contributed by atoms with Crippen LogP contribution in [0.15, 0.2) is 11.4 Å². The first-order chi connectivity index (χ1) is 9.26. The van der Waals surface area contributed by atoms with Gasteiger partial charge in [-0.3, -0.25) is 0 Å². The Balaban J connectivity index is 1.93. The van der Waals surface area contributed by atoms with E-state index in [4.69, 9.17) is 4.74 Å². The van der Waals surface area contributed by atoms with E-state index in [-0.39, 0.29) is 12.0 Å². The first kappa shape index (κ1) is 15.3. The van der Waals surface area contributed by atoms with Gasteiger partial charge in [-0.05, 0) is 51.1 Å². The highest BCUT2D eigenvalue weighted by Crippen LogP contribution is 2.32. The predicted octanol–water partition coefficient (Wildman–Crippen LogP) is 3.35. The normalized spacial score (nSPS) is 21.1. The molecule has 1 aromatic heterocycles. The summed E-state index contributed by atoms with van der Waals surface area (Å²) in [5, 5.41) is 12.4. The molecule has 0 bridgehead atoms. The zero-order valence-electron chi connectivity index (χ0n) is 12.5. The second-order valence-corrected chi connectivity index (χ2v) is 7.53. The average Bonchev–Trinajstić information content (AvgIpc) is 2.94. The molecule has 2 heterocycles. The molecule has 5 heteroatoms. The molecule has 0 saturated carbocycles. The van der Waals surface area contributed by atoms with E-state index in [0.717, 1.165) is 12.0 Å². The van der Waals surface area contributed by atoms with Gasteiger partial charge in [0.25, 0.3) is 0 Å². The number of aliphatic hydroxyl groups excluding tert-OH is 1. The summed E-state index contributed by atoms with van der Waals surface area (Å²) in [7, 11) is 0. The third kappa shape index (κ3) is 3.73. The standard InChI is InChI=1S/C15H23NO3S/c1-10-7-12(9-20-10)13(17)11-5-6-16(8-11)14(18)19-15(2,3)4/h7,9,11,13,17H,5-6,8H2,1-4H3. The average molecular weight is 297 g/mol. The number of carbonyl (C=O) groups is 1. The number of thiophene rings is 1. The smallest absolute Gasteiger partial charge is 0.410 e. The van der Waals surface area contributed by atoms with Gasteiger partial charge in [-0.25, -0.2) is 4.79 Å². The van der Waals surface area contributed by atoms with Crippen molar-refractivity contribution in [2.24, 2.45) is 5.92 Å². The van der Waals surface area contributed by atoms with Gasteiger partial charge in [0.1, 0.15) is 5.60 Å². The van der Waals surface area contributed by atoms with Crippen LogP contribution in [0.2, 0.25) is 0 Å². The van der Waals surface area contributed by atoms with E-state index < -0.39 is 11.7 Å². The predicted molar refractivity (Wildman–Crippen MR) is 79.9 cm³/mol. The number of rotatable bonds is 2. The molecule has 2 atom stereocenters. The molecule has 112 valence electrons. The fourth-order valence-electron chi connectivity index (χ4n) is 2.43. The first-order valence-electron chi connectivity index (χ1n) is 6.97. The lowest BCUT2D eigenvalue weighted by Crippen LogP contribution is -2.35. The summed E-state index contributed by atoms with van der Waals surface area (Å²) < 4.78 is 5.37. The van der Waals surface area contributed by atoms with Crippen molar-refractivity contribution in [1.82, 2.24) is 4.90 Å². The summed E-state index contributed by atoms with van der Waals surface area (Å²) in [5.74, 6) is 0.0940. The minimum absolute atomic E-state index is 0.0940. The molecular formula is C15H23NO3S. The highest BCUT2D eigenvalue weighted by molar-refractivity contribution is 7.10. The molecule has 0 radical (unpaired) electrons. The Hall–Kier alpha value is -1.07. The topological polar surface area (TPSA) is 49.8 Å². The molecule has 0 spiro atoms. The van der Waals surface area contributed by atoms with Crippen LogP contribution in [0.3, 0.4) is 0 Å². The van der Waals surface area contributed by atoms with Gasteiger partial charge >= 0.3 is 6.09 Å². The van der Waals surface area contributed by atoms with Crippen molar-refractivity contribution in [2.75, 3.05) is 13.1 Å². The van der Waals surface area contributed by atoms with Crippen LogP contribution < -0.4 is 0 Å². The maximum absolute atomic E-state index is 12.0. The summed E-state index contributed by atoms with van der Waals surface area (Å²) >= 11 is 1.64. The number of amides is 1. The van der Waals surface area contributed by atoms with E-state index in [2.05, 4.69) is 0 Å². The summed E-state index contributed by atoms with van der Waals surface area (Å²) in [6.45, 7) is 8.83. The Morgan fingerprint density at radius 2 is 2.25 bits per heavy atom. The maximum atomic E-state index is 12.0. The molecule has 4 nitrogen and oxygen atoms in total. The Kier molecular flexibility index (Phi) is 4.39. The highest BCUT2D eigenvalue weighted by Gasteiger charge is 2.34. The van der Waals surface area contributed by atoms with Gasteiger partial charge in [-0.2, -0.15) is 0 Å². The molecule has 1 saturated heterocycles. The summed E-state index contributed by atoms with van der Waals surface area (Å²) in [5.41, 5.74) is 0.488. The summed E-state index contributed by atoms with van der Waals surface area (Å²) in [6, 6.07) is 2.02. The van der Waals surface area contributed by atoms with E-state index in [1.165, 1.54) is 4.88 Å². The number of nitrogens with zero attached hydrogens (tertiary/aromatic N) is 1. The van der Waals surface area contributed by atoms with E-state index >= 15 is 0 Å². The van der Waals surface area contributed by atoms with Crippen LogP contribution in [0.5, 0.6) is 0 Å². The van der Waals surface area contributed by atoms with Crippen molar-refractivity contribution >= 4 is 17.4 Å². The third-order valence-electron chi connectivity index (χ3n) is 3.42. The minimum atomic E-state index is -0.493. The highest BCUT2D eigenvalue weighted by atomic mass is 32.1. The molecule has 2 unspecified atom stereocenters. The van der Waals surface area contributed by atoms with Crippen LogP contribution in [0, 0.1) is 12.8 Å². The molecule has 0 aromatic carbocycles. The van der Waals surface area contributed by atoms with Crippen molar-refractivity contribution in [1.29, 1.82) is 0 Å².